The fourth-order valence-corrected chi connectivity index (χ4v) is 2.88. The van der Waals surface area contributed by atoms with Gasteiger partial charge in [-0.25, -0.2) is 4.98 Å². The molecule has 26 heavy (non-hydrogen) atoms. The molecule has 0 unspecified atom stereocenters. The van der Waals surface area contributed by atoms with Gasteiger partial charge in [0.25, 0.3) is 5.91 Å². The molecule has 0 bridgehead atoms. The molecule has 6 nitrogen and oxygen atoms in total. The van der Waals surface area contributed by atoms with E-state index in [1.807, 2.05) is 35.9 Å². The van der Waals surface area contributed by atoms with Crippen molar-refractivity contribution in [2.45, 2.75) is 0 Å². The number of pyridine rings is 1. The summed E-state index contributed by atoms with van der Waals surface area (Å²) in [6, 6.07) is 15.8. The summed E-state index contributed by atoms with van der Waals surface area (Å²) in [6.45, 7) is 0. The number of hydrogen-bond donors (Lipinski definition) is 2. The van der Waals surface area contributed by atoms with Crippen LogP contribution in [0.4, 0.5) is 5.69 Å². The Labute approximate surface area is 149 Å². The van der Waals surface area contributed by atoms with Crippen molar-refractivity contribution < 1.29 is 9.90 Å². The van der Waals surface area contributed by atoms with Gasteiger partial charge >= 0.3 is 0 Å². The van der Waals surface area contributed by atoms with E-state index in [1.54, 1.807) is 36.7 Å². The van der Waals surface area contributed by atoms with Crippen LogP contribution in [0, 0.1) is 0 Å². The molecule has 2 N–H and O–H groups in total. The Morgan fingerprint density at radius 2 is 1.96 bits per heavy atom. The van der Waals surface area contributed by atoms with Gasteiger partial charge in [0, 0.05) is 30.7 Å². The lowest BCUT2D eigenvalue weighted by atomic mass is 10.2. The molecule has 4 rings (SSSR count). The number of aromatic hydroxyl groups is 1. The van der Waals surface area contributed by atoms with Crippen molar-refractivity contribution in [3.8, 4) is 17.1 Å². The minimum atomic E-state index is -0.364. The van der Waals surface area contributed by atoms with Gasteiger partial charge in [-0.15, -0.1) is 0 Å². The number of fused-ring (bicyclic) bond motifs is 1. The minimum Gasteiger partial charge on any atom is -0.507 e. The number of aryl methyl sites for hydroxylation is 1. The highest BCUT2D eigenvalue weighted by Crippen LogP contribution is 2.26. The van der Waals surface area contributed by atoms with Gasteiger partial charge in [-0.3, -0.25) is 9.78 Å². The first kappa shape index (κ1) is 15.8. The molecule has 0 aliphatic rings. The SMILES string of the molecule is Cn1c(-c2cccnc2)nc2ccc(NC(=O)c3ccccc3O)cc21. The molecule has 0 saturated carbocycles. The number of phenols is 1. The van der Waals surface area contributed by atoms with Crippen molar-refractivity contribution in [1.82, 2.24) is 14.5 Å². The van der Waals surface area contributed by atoms with E-state index in [0.29, 0.717) is 5.69 Å². The highest BCUT2D eigenvalue weighted by atomic mass is 16.3. The lowest BCUT2D eigenvalue weighted by Gasteiger charge is -2.07. The highest BCUT2D eigenvalue weighted by Gasteiger charge is 2.13. The lowest BCUT2D eigenvalue weighted by Crippen LogP contribution is -2.12. The number of nitrogens with zero attached hydrogens (tertiary/aromatic N) is 3. The fraction of sp³-hybridized carbons (Fsp3) is 0.0500. The van der Waals surface area contributed by atoms with Crippen LogP contribution in [0.2, 0.25) is 0 Å². The molecule has 0 saturated heterocycles. The van der Waals surface area contributed by atoms with Gasteiger partial charge in [-0.05, 0) is 42.5 Å². The average Bonchev–Trinajstić information content (AvgIpc) is 2.99. The zero-order chi connectivity index (χ0) is 18.1. The summed E-state index contributed by atoms with van der Waals surface area (Å²) in [4.78, 5) is 21.2. The Bertz CT molecular complexity index is 1100. The lowest BCUT2D eigenvalue weighted by molar-refractivity contribution is 0.102. The Balaban J connectivity index is 1.69. The van der Waals surface area contributed by atoms with Crippen LogP contribution in [0.25, 0.3) is 22.4 Å². The van der Waals surface area contributed by atoms with Gasteiger partial charge < -0.3 is 15.0 Å². The number of imidazole rings is 1. The van der Waals surface area contributed by atoms with Crippen LogP contribution >= 0.6 is 0 Å². The summed E-state index contributed by atoms with van der Waals surface area (Å²) >= 11 is 0. The van der Waals surface area contributed by atoms with Gasteiger partial charge in [0.05, 0.1) is 16.6 Å². The Morgan fingerprint density at radius 1 is 1.12 bits per heavy atom. The number of anilines is 1. The van der Waals surface area contributed by atoms with E-state index in [4.69, 9.17) is 0 Å². The highest BCUT2D eigenvalue weighted by molar-refractivity contribution is 6.06. The third-order valence-electron chi connectivity index (χ3n) is 4.21. The first-order valence-corrected chi connectivity index (χ1v) is 8.10. The fourth-order valence-electron chi connectivity index (χ4n) is 2.88. The largest absolute Gasteiger partial charge is 0.507 e. The number of carbonyl (C=O) groups is 1. The molecule has 0 radical (unpaired) electrons. The topological polar surface area (TPSA) is 80.0 Å². The quantitative estimate of drug-likeness (QED) is 0.595. The number of phenolic OH excluding ortho intramolecular Hbond substituents is 1. The van der Waals surface area contributed by atoms with E-state index in [-0.39, 0.29) is 17.2 Å². The molecule has 2 heterocycles. The molecule has 2 aromatic carbocycles. The minimum absolute atomic E-state index is 0.0505. The Hall–Kier alpha value is -3.67. The second kappa shape index (κ2) is 6.33. The zero-order valence-corrected chi connectivity index (χ0v) is 14.0. The van der Waals surface area contributed by atoms with E-state index in [0.717, 1.165) is 22.4 Å². The Kier molecular flexibility index (Phi) is 3.85. The summed E-state index contributed by atoms with van der Waals surface area (Å²) in [7, 11) is 1.92. The molecule has 4 aromatic rings. The predicted molar refractivity (Wildman–Crippen MR) is 100 cm³/mol. The standard InChI is InChI=1S/C20H16N4O2/c1-24-17-11-14(22-20(26)15-6-2-3-7-18(15)25)8-9-16(17)23-19(24)13-5-4-10-21-12-13/h2-12,25H,1H3,(H,22,26). The maximum Gasteiger partial charge on any atom is 0.259 e. The zero-order valence-electron chi connectivity index (χ0n) is 14.0. The molecule has 2 aromatic heterocycles. The first-order valence-electron chi connectivity index (χ1n) is 8.10. The van der Waals surface area contributed by atoms with Crippen molar-refractivity contribution >= 4 is 22.6 Å². The molecule has 0 fully saturated rings. The van der Waals surface area contributed by atoms with Gasteiger partial charge in [0.1, 0.15) is 11.6 Å². The number of hydrogen-bond acceptors (Lipinski definition) is 4. The van der Waals surface area contributed by atoms with Crippen LogP contribution in [-0.4, -0.2) is 25.5 Å². The molecular weight excluding hydrogens is 328 g/mol. The maximum atomic E-state index is 12.4. The molecule has 1 amide bonds. The molecule has 6 heteroatoms. The second-order valence-corrected chi connectivity index (χ2v) is 5.91. The number of benzene rings is 2. The molecular formula is C20H16N4O2. The van der Waals surface area contributed by atoms with Gasteiger partial charge in [-0.1, -0.05) is 12.1 Å². The van der Waals surface area contributed by atoms with Crippen LogP contribution in [-0.2, 0) is 7.05 Å². The number of rotatable bonds is 3. The normalized spacial score (nSPS) is 10.8. The number of carbonyl (C=O) groups excluding carboxylic acids is 1. The number of para-hydroxylation sites is 1. The summed E-state index contributed by atoms with van der Waals surface area (Å²) in [5.74, 6) is 0.389. The number of nitrogens with one attached hydrogen (secondary N) is 1. The number of amides is 1. The summed E-state index contributed by atoms with van der Waals surface area (Å²) < 4.78 is 1.96. The van der Waals surface area contributed by atoms with Crippen molar-refractivity contribution in [3.63, 3.8) is 0 Å². The summed E-state index contributed by atoms with van der Waals surface area (Å²) in [5, 5.41) is 12.6. The van der Waals surface area contributed by atoms with E-state index in [2.05, 4.69) is 15.3 Å². The molecule has 0 spiro atoms. The molecule has 0 aliphatic heterocycles. The third-order valence-corrected chi connectivity index (χ3v) is 4.21. The second-order valence-electron chi connectivity index (χ2n) is 5.91. The van der Waals surface area contributed by atoms with Gasteiger partial charge in [0.2, 0.25) is 0 Å². The number of aromatic nitrogens is 3. The van der Waals surface area contributed by atoms with E-state index in [9.17, 15) is 9.90 Å². The van der Waals surface area contributed by atoms with Crippen LogP contribution in [0.5, 0.6) is 5.75 Å². The first-order chi connectivity index (χ1) is 12.6. The van der Waals surface area contributed by atoms with E-state index < -0.39 is 0 Å². The maximum absolute atomic E-state index is 12.4. The molecule has 128 valence electrons. The smallest absolute Gasteiger partial charge is 0.259 e. The molecule has 0 atom stereocenters. The summed E-state index contributed by atoms with van der Waals surface area (Å²) in [5.41, 5.74) is 3.50. The molecule has 0 aliphatic carbocycles. The predicted octanol–water partition coefficient (Wildman–Crippen LogP) is 3.59. The van der Waals surface area contributed by atoms with E-state index in [1.165, 1.54) is 6.07 Å². The monoisotopic (exact) mass is 344 g/mol. The Morgan fingerprint density at radius 3 is 2.73 bits per heavy atom. The van der Waals surface area contributed by atoms with Crippen molar-refractivity contribution in [1.29, 1.82) is 0 Å². The average molecular weight is 344 g/mol. The van der Waals surface area contributed by atoms with Gasteiger partial charge in [-0.2, -0.15) is 0 Å². The van der Waals surface area contributed by atoms with Crippen LogP contribution in [0.15, 0.2) is 67.0 Å². The summed E-state index contributed by atoms with van der Waals surface area (Å²) in [6.07, 6.45) is 3.49. The van der Waals surface area contributed by atoms with Crippen LogP contribution in [0.1, 0.15) is 10.4 Å². The van der Waals surface area contributed by atoms with Crippen LogP contribution < -0.4 is 5.32 Å². The van der Waals surface area contributed by atoms with Crippen molar-refractivity contribution in [3.05, 3.63) is 72.6 Å². The van der Waals surface area contributed by atoms with Crippen LogP contribution in [0.3, 0.4) is 0 Å². The van der Waals surface area contributed by atoms with E-state index >= 15 is 0 Å². The van der Waals surface area contributed by atoms with Gasteiger partial charge in [0.15, 0.2) is 0 Å². The van der Waals surface area contributed by atoms with Crippen molar-refractivity contribution in [2.75, 3.05) is 5.32 Å². The third kappa shape index (κ3) is 2.77. The van der Waals surface area contributed by atoms with Crippen molar-refractivity contribution in [2.24, 2.45) is 7.05 Å².